The van der Waals surface area contributed by atoms with E-state index < -0.39 is 11.4 Å². The van der Waals surface area contributed by atoms with E-state index in [0.717, 1.165) is 35.8 Å². The minimum Gasteiger partial charge on any atom is -0.497 e. The number of ketones is 1. The van der Waals surface area contributed by atoms with Crippen LogP contribution in [-0.4, -0.2) is 24.0 Å². The molecule has 120 valence electrons. The zero-order valence-corrected chi connectivity index (χ0v) is 13.2. The van der Waals surface area contributed by atoms with Crippen molar-refractivity contribution in [1.82, 2.24) is 0 Å². The third-order valence-corrected chi connectivity index (χ3v) is 4.86. The number of rotatable bonds is 4. The molecule has 2 aromatic carbocycles. The van der Waals surface area contributed by atoms with Crippen molar-refractivity contribution in [1.29, 1.82) is 0 Å². The highest BCUT2D eigenvalue weighted by Crippen LogP contribution is 2.40. The summed E-state index contributed by atoms with van der Waals surface area (Å²) in [5.74, 6) is -0.495. The Morgan fingerprint density at radius 3 is 2.30 bits per heavy atom. The smallest absolute Gasteiger partial charge is 0.317 e. The normalized spacial score (nSPS) is 16.9. The van der Waals surface area contributed by atoms with E-state index in [9.17, 15) is 14.7 Å². The first-order valence-electron chi connectivity index (χ1n) is 7.93. The molecule has 23 heavy (non-hydrogen) atoms. The molecular formula is C19H20O4. The number of aliphatic carboxylic acids is 1. The van der Waals surface area contributed by atoms with Crippen LogP contribution in [0.3, 0.4) is 0 Å². The van der Waals surface area contributed by atoms with Crippen LogP contribution in [0, 0.1) is 5.41 Å². The van der Waals surface area contributed by atoms with Crippen molar-refractivity contribution in [3.8, 4) is 5.75 Å². The summed E-state index contributed by atoms with van der Waals surface area (Å²) in [5, 5.41) is 11.5. The second kappa shape index (κ2) is 6.03. The van der Waals surface area contributed by atoms with Crippen LogP contribution in [0.1, 0.15) is 42.5 Å². The summed E-state index contributed by atoms with van der Waals surface area (Å²) in [5.41, 5.74) is -0.773. The van der Waals surface area contributed by atoms with Gasteiger partial charge in [-0.15, -0.1) is 0 Å². The summed E-state index contributed by atoms with van der Waals surface area (Å²) in [7, 11) is 1.61. The molecule has 0 aromatic heterocycles. The van der Waals surface area contributed by atoms with Crippen LogP contribution in [0.4, 0.5) is 0 Å². The molecule has 0 spiro atoms. The molecule has 1 fully saturated rings. The van der Waals surface area contributed by atoms with Crippen molar-refractivity contribution in [3.05, 3.63) is 42.0 Å². The van der Waals surface area contributed by atoms with Gasteiger partial charge < -0.3 is 9.84 Å². The number of carbonyl (C=O) groups excluding carboxylic acids is 1. The van der Waals surface area contributed by atoms with E-state index in [2.05, 4.69) is 0 Å². The van der Waals surface area contributed by atoms with Crippen molar-refractivity contribution in [3.63, 3.8) is 0 Å². The number of ether oxygens (including phenoxy) is 1. The van der Waals surface area contributed by atoms with E-state index in [4.69, 9.17) is 4.74 Å². The molecular weight excluding hydrogens is 292 g/mol. The van der Waals surface area contributed by atoms with E-state index in [1.807, 2.05) is 24.3 Å². The van der Waals surface area contributed by atoms with Gasteiger partial charge in [0.05, 0.1) is 7.11 Å². The Bertz CT molecular complexity index is 757. The summed E-state index contributed by atoms with van der Waals surface area (Å²) in [4.78, 5) is 24.7. The third kappa shape index (κ3) is 2.69. The van der Waals surface area contributed by atoms with Crippen molar-refractivity contribution in [2.24, 2.45) is 5.41 Å². The van der Waals surface area contributed by atoms with Crippen LogP contribution >= 0.6 is 0 Å². The fourth-order valence-corrected chi connectivity index (χ4v) is 3.46. The summed E-state index contributed by atoms with van der Waals surface area (Å²) < 4.78 is 5.20. The first kappa shape index (κ1) is 15.5. The SMILES string of the molecule is COc1ccc2cc(C(=O)C3(C(=O)O)CCCCC3)ccc2c1. The summed E-state index contributed by atoms with van der Waals surface area (Å²) in [6.07, 6.45) is 3.45. The van der Waals surface area contributed by atoms with Crippen LogP contribution in [0.2, 0.25) is 0 Å². The molecule has 4 nitrogen and oxygen atoms in total. The molecule has 3 rings (SSSR count). The fraction of sp³-hybridized carbons (Fsp3) is 0.368. The molecule has 0 atom stereocenters. The topological polar surface area (TPSA) is 63.6 Å². The Morgan fingerprint density at radius 2 is 1.65 bits per heavy atom. The van der Waals surface area contributed by atoms with Gasteiger partial charge in [-0.05, 0) is 41.8 Å². The molecule has 0 unspecified atom stereocenters. The number of hydrogen-bond donors (Lipinski definition) is 1. The Morgan fingerprint density at radius 1 is 1.00 bits per heavy atom. The maximum absolute atomic E-state index is 12.9. The quantitative estimate of drug-likeness (QED) is 0.683. The molecule has 1 aliphatic carbocycles. The lowest BCUT2D eigenvalue weighted by atomic mass is 9.69. The minimum atomic E-state index is -1.25. The van der Waals surface area contributed by atoms with E-state index in [0.29, 0.717) is 18.4 Å². The Balaban J connectivity index is 2.01. The van der Waals surface area contributed by atoms with Gasteiger partial charge in [0.1, 0.15) is 11.2 Å². The molecule has 1 saturated carbocycles. The highest BCUT2D eigenvalue weighted by molar-refractivity contribution is 6.13. The van der Waals surface area contributed by atoms with E-state index in [1.54, 1.807) is 19.2 Å². The number of carboxylic acids is 1. The number of carboxylic acid groups (broad SMARTS) is 1. The predicted octanol–water partition coefficient (Wildman–Crippen LogP) is 4.07. The number of hydrogen-bond acceptors (Lipinski definition) is 3. The second-order valence-electron chi connectivity index (χ2n) is 6.20. The Labute approximate surface area is 135 Å². The molecule has 0 saturated heterocycles. The molecule has 0 aliphatic heterocycles. The Hall–Kier alpha value is -2.36. The molecule has 0 amide bonds. The zero-order valence-electron chi connectivity index (χ0n) is 13.2. The average molecular weight is 312 g/mol. The van der Waals surface area contributed by atoms with Gasteiger partial charge in [0.2, 0.25) is 0 Å². The molecule has 0 radical (unpaired) electrons. The first-order chi connectivity index (χ1) is 11.1. The van der Waals surface area contributed by atoms with Gasteiger partial charge in [-0.3, -0.25) is 9.59 Å². The highest BCUT2D eigenvalue weighted by Gasteiger charge is 2.46. The number of fused-ring (bicyclic) bond motifs is 1. The van der Waals surface area contributed by atoms with Crippen molar-refractivity contribution in [2.75, 3.05) is 7.11 Å². The van der Waals surface area contributed by atoms with Gasteiger partial charge in [0.15, 0.2) is 5.78 Å². The lowest BCUT2D eigenvalue weighted by Crippen LogP contribution is -2.41. The van der Waals surface area contributed by atoms with Crippen LogP contribution in [0.5, 0.6) is 5.75 Å². The van der Waals surface area contributed by atoms with Crippen molar-refractivity contribution >= 4 is 22.5 Å². The van der Waals surface area contributed by atoms with Crippen LogP contribution in [0.15, 0.2) is 36.4 Å². The minimum absolute atomic E-state index is 0.262. The van der Waals surface area contributed by atoms with Crippen LogP contribution in [-0.2, 0) is 4.79 Å². The summed E-state index contributed by atoms with van der Waals surface area (Å²) in [6.45, 7) is 0. The van der Waals surface area contributed by atoms with Crippen LogP contribution in [0.25, 0.3) is 10.8 Å². The van der Waals surface area contributed by atoms with Gasteiger partial charge in [-0.25, -0.2) is 0 Å². The second-order valence-corrected chi connectivity index (χ2v) is 6.20. The van der Waals surface area contributed by atoms with Gasteiger partial charge in [-0.1, -0.05) is 37.5 Å². The van der Waals surface area contributed by atoms with Crippen molar-refractivity contribution in [2.45, 2.75) is 32.1 Å². The standard InChI is InChI=1S/C19H20O4/c1-23-16-8-7-13-11-15(6-5-14(13)12-16)17(20)19(18(21)22)9-3-2-4-10-19/h5-8,11-12H,2-4,9-10H2,1H3,(H,21,22). The Kier molecular flexibility index (Phi) is 4.07. The number of benzene rings is 2. The average Bonchev–Trinajstić information content (AvgIpc) is 2.60. The van der Waals surface area contributed by atoms with Crippen LogP contribution < -0.4 is 4.74 Å². The highest BCUT2D eigenvalue weighted by atomic mass is 16.5. The first-order valence-corrected chi connectivity index (χ1v) is 7.93. The monoisotopic (exact) mass is 312 g/mol. The van der Waals surface area contributed by atoms with Gasteiger partial charge in [-0.2, -0.15) is 0 Å². The lowest BCUT2D eigenvalue weighted by Gasteiger charge is -2.31. The molecule has 1 N–H and O–H groups in total. The van der Waals surface area contributed by atoms with E-state index >= 15 is 0 Å². The molecule has 1 aliphatic rings. The van der Waals surface area contributed by atoms with Gasteiger partial charge >= 0.3 is 5.97 Å². The van der Waals surface area contributed by atoms with Gasteiger partial charge in [0, 0.05) is 5.56 Å². The van der Waals surface area contributed by atoms with E-state index in [-0.39, 0.29) is 5.78 Å². The maximum Gasteiger partial charge on any atom is 0.317 e. The molecule has 0 bridgehead atoms. The van der Waals surface area contributed by atoms with E-state index in [1.165, 1.54) is 0 Å². The number of Topliss-reactive ketones (excluding diaryl/α,β-unsaturated/α-hetero) is 1. The molecule has 4 heteroatoms. The number of methoxy groups -OCH3 is 1. The van der Waals surface area contributed by atoms with Gasteiger partial charge in [0.25, 0.3) is 0 Å². The lowest BCUT2D eigenvalue weighted by molar-refractivity contribution is -0.147. The molecule has 0 heterocycles. The maximum atomic E-state index is 12.9. The largest absolute Gasteiger partial charge is 0.497 e. The zero-order chi connectivity index (χ0) is 16.4. The molecule has 2 aromatic rings. The number of carbonyl (C=O) groups is 2. The third-order valence-electron chi connectivity index (χ3n) is 4.86. The predicted molar refractivity (Wildman–Crippen MR) is 88.0 cm³/mol. The fourth-order valence-electron chi connectivity index (χ4n) is 3.46. The summed E-state index contributed by atoms with van der Waals surface area (Å²) >= 11 is 0. The summed E-state index contributed by atoms with van der Waals surface area (Å²) in [6, 6.07) is 11.0. The van der Waals surface area contributed by atoms with Crippen molar-refractivity contribution < 1.29 is 19.4 Å².